The van der Waals surface area contributed by atoms with Crippen LogP contribution in [0.3, 0.4) is 0 Å². The van der Waals surface area contributed by atoms with E-state index in [-0.39, 0.29) is 23.2 Å². The predicted molar refractivity (Wildman–Crippen MR) is 105 cm³/mol. The highest BCUT2D eigenvalue weighted by Gasteiger charge is 2.35. The summed E-state index contributed by atoms with van der Waals surface area (Å²) in [5, 5.41) is -0.232. The molecule has 2 aliphatic rings. The molecule has 2 amide bonds. The van der Waals surface area contributed by atoms with Crippen molar-refractivity contribution in [1.29, 1.82) is 0 Å². The zero-order chi connectivity index (χ0) is 18.4. The maximum Gasteiger partial charge on any atom is 0.293 e. The van der Waals surface area contributed by atoms with Crippen LogP contribution in [-0.2, 0) is 4.79 Å². The monoisotopic (exact) mass is 356 g/mol. The first-order chi connectivity index (χ1) is 11.7. The molecular weight excluding hydrogens is 332 g/mol. The van der Waals surface area contributed by atoms with E-state index in [9.17, 15) is 9.59 Å². The number of rotatable bonds is 3. The van der Waals surface area contributed by atoms with Gasteiger partial charge < -0.3 is 4.90 Å². The Hall–Kier alpha value is -2.01. The normalized spacial score (nSPS) is 24.0. The summed E-state index contributed by atoms with van der Waals surface area (Å²) in [6, 6.07) is 6.28. The van der Waals surface area contributed by atoms with Gasteiger partial charge in [-0.15, -0.1) is 6.58 Å². The van der Waals surface area contributed by atoms with Gasteiger partial charge in [-0.2, -0.15) is 0 Å². The van der Waals surface area contributed by atoms with Crippen molar-refractivity contribution in [3.8, 4) is 0 Å². The van der Waals surface area contributed by atoms with Crippen LogP contribution in [0.15, 0.2) is 35.8 Å². The molecule has 1 fully saturated rings. The third kappa shape index (κ3) is 3.13. The van der Waals surface area contributed by atoms with Crippen LogP contribution in [0.5, 0.6) is 0 Å². The molecule has 0 radical (unpaired) electrons. The molecule has 3 rings (SSSR count). The Bertz CT molecular complexity index is 782. The largest absolute Gasteiger partial charge is 0.369 e. The number of hydrogen-bond acceptors (Lipinski definition) is 4. The number of amides is 2. The summed E-state index contributed by atoms with van der Waals surface area (Å²) in [7, 11) is 2.13. The molecule has 5 heteroatoms. The highest BCUT2D eigenvalue weighted by Crippen LogP contribution is 2.43. The lowest BCUT2D eigenvalue weighted by molar-refractivity contribution is -0.122. The van der Waals surface area contributed by atoms with Gasteiger partial charge in [0.15, 0.2) is 0 Å². The molecule has 0 aromatic heterocycles. The fourth-order valence-corrected chi connectivity index (χ4v) is 4.47. The number of fused-ring (bicyclic) bond motifs is 1. The van der Waals surface area contributed by atoms with E-state index < -0.39 is 0 Å². The second-order valence-corrected chi connectivity index (χ2v) is 8.37. The van der Waals surface area contributed by atoms with E-state index in [0.717, 1.165) is 23.7 Å². The van der Waals surface area contributed by atoms with E-state index in [1.54, 1.807) is 6.08 Å². The zero-order valence-electron chi connectivity index (χ0n) is 15.2. The molecule has 0 unspecified atom stereocenters. The highest BCUT2D eigenvalue weighted by molar-refractivity contribution is 8.18. The number of anilines is 1. The number of hydrogen-bond donors (Lipinski definition) is 0. The maximum absolute atomic E-state index is 12.4. The first kappa shape index (κ1) is 17.8. The Morgan fingerprint density at radius 3 is 2.76 bits per heavy atom. The van der Waals surface area contributed by atoms with Gasteiger partial charge in [-0.1, -0.05) is 19.1 Å². The summed E-state index contributed by atoms with van der Waals surface area (Å²) in [5.74, 6) is 0.212. The minimum absolute atomic E-state index is 0.126. The Kier molecular flexibility index (Phi) is 4.54. The topological polar surface area (TPSA) is 40.6 Å². The van der Waals surface area contributed by atoms with Crippen molar-refractivity contribution in [2.24, 2.45) is 0 Å². The highest BCUT2D eigenvalue weighted by atomic mass is 32.2. The average Bonchev–Trinajstić information content (AvgIpc) is 2.80. The Labute approximate surface area is 153 Å². The van der Waals surface area contributed by atoms with Gasteiger partial charge in [-0.25, -0.2) is 0 Å². The van der Waals surface area contributed by atoms with Crippen LogP contribution >= 0.6 is 11.8 Å². The van der Waals surface area contributed by atoms with Gasteiger partial charge in [0.25, 0.3) is 11.1 Å². The molecule has 0 saturated carbocycles. The number of carbonyl (C=O) groups is 2. The van der Waals surface area contributed by atoms with Crippen LogP contribution < -0.4 is 4.90 Å². The lowest BCUT2D eigenvalue weighted by Gasteiger charge is -2.45. The maximum atomic E-state index is 12.4. The van der Waals surface area contributed by atoms with Gasteiger partial charge in [0.05, 0.1) is 4.91 Å². The quantitative estimate of drug-likeness (QED) is 0.585. The lowest BCUT2D eigenvalue weighted by Crippen LogP contribution is -2.45. The van der Waals surface area contributed by atoms with Gasteiger partial charge in [0.1, 0.15) is 0 Å². The Balaban J connectivity index is 1.94. The van der Waals surface area contributed by atoms with Crippen molar-refractivity contribution >= 4 is 34.7 Å². The van der Waals surface area contributed by atoms with E-state index in [1.807, 2.05) is 12.1 Å². The molecule has 0 bridgehead atoms. The number of benzene rings is 1. The molecule has 1 atom stereocenters. The van der Waals surface area contributed by atoms with Crippen LogP contribution in [0.25, 0.3) is 6.08 Å². The molecule has 0 N–H and O–H groups in total. The van der Waals surface area contributed by atoms with Crippen LogP contribution in [0.1, 0.15) is 44.2 Å². The molecule has 4 nitrogen and oxygen atoms in total. The van der Waals surface area contributed by atoms with E-state index in [0.29, 0.717) is 10.8 Å². The number of nitrogens with zero attached hydrogens (tertiary/aromatic N) is 2. The summed E-state index contributed by atoms with van der Waals surface area (Å²) < 4.78 is 0. The second-order valence-electron chi connectivity index (χ2n) is 7.38. The van der Waals surface area contributed by atoms with Crippen molar-refractivity contribution in [3.63, 3.8) is 0 Å². The third-order valence-electron chi connectivity index (χ3n) is 5.14. The number of thioether (sulfide) groups is 1. The molecule has 0 aliphatic carbocycles. The molecule has 0 spiro atoms. The van der Waals surface area contributed by atoms with E-state index in [4.69, 9.17) is 0 Å². The zero-order valence-corrected chi connectivity index (χ0v) is 16.0. The molecule has 2 heterocycles. The average molecular weight is 356 g/mol. The lowest BCUT2D eigenvalue weighted by atomic mass is 9.80. The molecule has 132 valence electrons. The fraction of sp³-hybridized carbons (Fsp3) is 0.400. The van der Waals surface area contributed by atoms with Crippen molar-refractivity contribution in [2.75, 3.05) is 18.5 Å². The van der Waals surface area contributed by atoms with E-state index >= 15 is 0 Å². The molecule has 1 aromatic carbocycles. The van der Waals surface area contributed by atoms with Crippen molar-refractivity contribution < 1.29 is 9.59 Å². The Morgan fingerprint density at radius 2 is 2.08 bits per heavy atom. The van der Waals surface area contributed by atoms with Gasteiger partial charge in [-0.3, -0.25) is 14.5 Å². The van der Waals surface area contributed by atoms with Gasteiger partial charge in [0.2, 0.25) is 0 Å². The minimum atomic E-state index is -0.237. The third-order valence-corrected chi connectivity index (χ3v) is 6.05. The van der Waals surface area contributed by atoms with Gasteiger partial charge in [-0.05, 0) is 67.3 Å². The van der Waals surface area contributed by atoms with Gasteiger partial charge in [0, 0.05) is 24.8 Å². The first-order valence-electron chi connectivity index (χ1n) is 8.48. The Morgan fingerprint density at radius 1 is 1.36 bits per heavy atom. The molecule has 25 heavy (non-hydrogen) atoms. The smallest absolute Gasteiger partial charge is 0.293 e. The summed E-state index contributed by atoms with van der Waals surface area (Å²) in [6.45, 7) is 10.6. The SMILES string of the molecule is C=CCN1C(=O)S/C(=C\c2ccc3c(c2)[C@@H](C)CC(C)(C)N3C)C1=O. The van der Waals surface area contributed by atoms with Crippen LogP contribution in [-0.4, -0.2) is 35.2 Å². The first-order valence-corrected chi connectivity index (χ1v) is 9.30. The number of imide groups is 1. The molecular formula is C20H24N2O2S. The molecule has 1 saturated heterocycles. The van der Waals surface area contributed by atoms with E-state index in [2.05, 4.69) is 51.4 Å². The summed E-state index contributed by atoms with van der Waals surface area (Å²) in [4.78, 5) is 28.3. The number of carbonyl (C=O) groups excluding carboxylic acids is 2. The van der Waals surface area contributed by atoms with Crippen LogP contribution in [0.2, 0.25) is 0 Å². The summed E-state index contributed by atoms with van der Waals surface area (Å²) >= 11 is 0.995. The van der Waals surface area contributed by atoms with Crippen molar-refractivity contribution in [2.45, 2.75) is 38.6 Å². The predicted octanol–water partition coefficient (Wildman–Crippen LogP) is 4.63. The van der Waals surface area contributed by atoms with Gasteiger partial charge >= 0.3 is 0 Å². The summed E-state index contributed by atoms with van der Waals surface area (Å²) in [6.07, 6.45) is 4.47. The van der Waals surface area contributed by atoms with E-state index in [1.165, 1.54) is 16.2 Å². The van der Waals surface area contributed by atoms with Crippen molar-refractivity contribution in [3.05, 3.63) is 46.9 Å². The second kappa shape index (κ2) is 6.37. The van der Waals surface area contributed by atoms with Crippen LogP contribution in [0.4, 0.5) is 10.5 Å². The van der Waals surface area contributed by atoms with Crippen molar-refractivity contribution in [1.82, 2.24) is 4.90 Å². The fourth-order valence-electron chi connectivity index (χ4n) is 3.62. The molecule has 2 aliphatic heterocycles. The van der Waals surface area contributed by atoms with Crippen LogP contribution in [0, 0.1) is 0 Å². The summed E-state index contributed by atoms with van der Waals surface area (Å²) in [5.41, 5.74) is 3.62. The minimum Gasteiger partial charge on any atom is -0.369 e. The standard InChI is InChI=1S/C20H24N2O2S/c1-6-9-22-18(23)17(25-19(22)24)11-14-7-8-16-15(10-14)13(2)12-20(3,4)21(16)5/h6-8,10-11,13H,1,9,12H2,2-5H3/b17-11-/t13-/m0/s1. The molecule has 1 aromatic rings.